The maximum absolute atomic E-state index is 13.4. The number of hydrogen-bond donors (Lipinski definition) is 3. The molecule has 0 radical (unpaired) electrons. The summed E-state index contributed by atoms with van der Waals surface area (Å²) in [6.07, 6.45) is 2.96. The molecule has 0 aliphatic heterocycles. The molecule has 0 aliphatic rings. The van der Waals surface area contributed by atoms with Crippen LogP contribution in [-0.2, 0) is 0 Å². The van der Waals surface area contributed by atoms with E-state index in [1.165, 1.54) is 19.4 Å². The fourth-order valence-corrected chi connectivity index (χ4v) is 1.46. The van der Waals surface area contributed by atoms with Crippen molar-refractivity contribution < 1.29 is 13.6 Å². The summed E-state index contributed by atoms with van der Waals surface area (Å²) in [6.45, 7) is 0. The molecule has 5 nitrogen and oxygen atoms in total. The highest BCUT2D eigenvalue weighted by atomic mass is 19.1. The second-order valence-electron chi connectivity index (χ2n) is 3.46. The number of imidazole rings is 1. The number of carbonyl (C=O) groups excluding carboxylic acids is 1. The van der Waals surface area contributed by atoms with Gasteiger partial charge in [0, 0.05) is 25.0 Å². The largest absolute Gasteiger partial charge is 0.383 e. The number of H-pyrrole nitrogens is 1. The van der Waals surface area contributed by atoms with Gasteiger partial charge in [-0.05, 0) is 12.1 Å². The molecule has 0 atom stereocenters. The Bertz CT molecular complexity index is 545. The van der Waals surface area contributed by atoms with E-state index >= 15 is 0 Å². The van der Waals surface area contributed by atoms with Gasteiger partial charge in [-0.15, -0.1) is 0 Å². The molecule has 0 saturated carbocycles. The van der Waals surface area contributed by atoms with Gasteiger partial charge in [0.25, 0.3) is 5.91 Å². The van der Waals surface area contributed by atoms with Crippen LogP contribution in [0.15, 0.2) is 24.5 Å². The molecule has 2 rings (SSSR count). The monoisotopic (exact) mass is 252 g/mol. The lowest BCUT2D eigenvalue weighted by Gasteiger charge is -2.07. The number of amides is 1. The molecule has 0 bridgehead atoms. The molecule has 18 heavy (non-hydrogen) atoms. The molecule has 1 aromatic heterocycles. The smallest absolute Gasteiger partial charge is 0.258 e. The van der Waals surface area contributed by atoms with E-state index in [1.807, 2.05) is 0 Å². The van der Waals surface area contributed by atoms with E-state index in [1.54, 1.807) is 0 Å². The maximum Gasteiger partial charge on any atom is 0.258 e. The topological polar surface area (TPSA) is 69.8 Å². The number of hydrogen-bond acceptors (Lipinski definition) is 3. The summed E-state index contributed by atoms with van der Waals surface area (Å²) < 4.78 is 26.9. The van der Waals surface area contributed by atoms with Gasteiger partial charge in [-0.2, -0.15) is 0 Å². The highest BCUT2D eigenvalue weighted by Crippen LogP contribution is 2.20. The minimum Gasteiger partial charge on any atom is -0.383 e. The van der Waals surface area contributed by atoms with Gasteiger partial charge in [-0.1, -0.05) is 0 Å². The molecule has 0 saturated heterocycles. The number of benzene rings is 1. The van der Waals surface area contributed by atoms with Gasteiger partial charge >= 0.3 is 0 Å². The van der Waals surface area contributed by atoms with Crippen LogP contribution in [0, 0.1) is 11.6 Å². The molecule has 94 valence electrons. The molecule has 2 aromatic rings. The standard InChI is InChI=1S/C11H10F2N4O/c1-14-9-7(12)4-6(5-8(9)13)10(18)17-11-15-2-3-16-11/h2-5,14H,1H3,(H2,15,16,17,18). The number of carbonyl (C=O) groups is 1. The number of nitrogens with zero attached hydrogens (tertiary/aromatic N) is 1. The summed E-state index contributed by atoms with van der Waals surface area (Å²) in [5.74, 6) is -2.10. The van der Waals surface area contributed by atoms with Crippen molar-refractivity contribution in [3.05, 3.63) is 41.7 Å². The van der Waals surface area contributed by atoms with Gasteiger partial charge in [0.05, 0.1) is 0 Å². The predicted octanol–water partition coefficient (Wildman–Crippen LogP) is 1.98. The highest BCUT2D eigenvalue weighted by molar-refractivity contribution is 6.03. The Balaban J connectivity index is 2.26. The summed E-state index contributed by atoms with van der Waals surface area (Å²) in [4.78, 5) is 18.1. The third-order valence-corrected chi connectivity index (χ3v) is 2.28. The molecule has 1 heterocycles. The second-order valence-corrected chi connectivity index (χ2v) is 3.46. The summed E-state index contributed by atoms with van der Waals surface area (Å²) in [6, 6.07) is 1.90. The Morgan fingerprint density at radius 3 is 2.50 bits per heavy atom. The number of aromatic amines is 1. The van der Waals surface area contributed by atoms with Crippen LogP contribution >= 0.6 is 0 Å². The van der Waals surface area contributed by atoms with Crippen LogP contribution in [0.2, 0.25) is 0 Å². The van der Waals surface area contributed by atoms with Crippen LogP contribution in [0.5, 0.6) is 0 Å². The molecule has 3 N–H and O–H groups in total. The van der Waals surface area contributed by atoms with Crippen molar-refractivity contribution in [2.75, 3.05) is 17.7 Å². The van der Waals surface area contributed by atoms with Crippen molar-refractivity contribution in [3.63, 3.8) is 0 Å². The van der Waals surface area contributed by atoms with Crippen LogP contribution < -0.4 is 10.6 Å². The quantitative estimate of drug-likeness (QED) is 0.782. The molecule has 1 aromatic carbocycles. The number of halogens is 2. The third kappa shape index (κ3) is 2.29. The molecule has 1 amide bonds. The SMILES string of the molecule is CNc1c(F)cc(C(=O)Nc2ncc[nH]2)cc1F. The number of aromatic nitrogens is 2. The van der Waals surface area contributed by atoms with Crippen molar-refractivity contribution in [3.8, 4) is 0 Å². The molecule has 0 aliphatic carbocycles. The summed E-state index contributed by atoms with van der Waals surface area (Å²) >= 11 is 0. The van der Waals surface area contributed by atoms with E-state index in [9.17, 15) is 13.6 Å². The van der Waals surface area contributed by atoms with E-state index in [0.717, 1.165) is 12.1 Å². The highest BCUT2D eigenvalue weighted by Gasteiger charge is 2.14. The van der Waals surface area contributed by atoms with Crippen LogP contribution in [0.3, 0.4) is 0 Å². The van der Waals surface area contributed by atoms with E-state index in [-0.39, 0.29) is 17.2 Å². The second kappa shape index (κ2) is 4.82. The first-order valence-electron chi connectivity index (χ1n) is 5.09. The Morgan fingerprint density at radius 2 is 2.00 bits per heavy atom. The maximum atomic E-state index is 13.4. The van der Waals surface area contributed by atoms with Crippen LogP contribution in [-0.4, -0.2) is 22.9 Å². The first kappa shape index (κ1) is 12.0. The van der Waals surface area contributed by atoms with Gasteiger partial charge in [-0.3, -0.25) is 10.1 Å². The minimum atomic E-state index is -0.831. The van der Waals surface area contributed by atoms with Crippen molar-refractivity contribution in [1.82, 2.24) is 9.97 Å². The molecule has 7 heteroatoms. The third-order valence-electron chi connectivity index (χ3n) is 2.28. The average molecular weight is 252 g/mol. The predicted molar refractivity (Wildman–Crippen MR) is 62.4 cm³/mol. The lowest BCUT2D eigenvalue weighted by molar-refractivity contribution is 0.102. The Kier molecular flexibility index (Phi) is 3.22. The minimum absolute atomic E-state index is 0.125. The molecule has 0 unspecified atom stereocenters. The molecular weight excluding hydrogens is 242 g/mol. The average Bonchev–Trinajstić information content (AvgIpc) is 2.81. The fourth-order valence-electron chi connectivity index (χ4n) is 1.46. The Morgan fingerprint density at radius 1 is 1.33 bits per heavy atom. The fraction of sp³-hybridized carbons (Fsp3) is 0.0909. The molecule has 0 fully saturated rings. The molecular formula is C11H10F2N4O. The lowest BCUT2D eigenvalue weighted by Crippen LogP contribution is -2.14. The van der Waals surface area contributed by atoms with Gasteiger partial charge in [0.15, 0.2) is 0 Å². The van der Waals surface area contributed by atoms with Crippen molar-refractivity contribution in [1.29, 1.82) is 0 Å². The first-order valence-corrected chi connectivity index (χ1v) is 5.09. The normalized spacial score (nSPS) is 10.2. The van der Waals surface area contributed by atoms with Crippen molar-refractivity contribution in [2.24, 2.45) is 0 Å². The van der Waals surface area contributed by atoms with E-state index in [4.69, 9.17) is 0 Å². The van der Waals surface area contributed by atoms with E-state index in [2.05, 4.69) is 20.6 Å². The lowest BCUT2D eigenvalue weighted by atomic mass is 10.1. The zero-order valence-electron chi connectivity index (χ0n) is 9.42. The summed E-state index contributed by atoms with van der Waals surface area (Å²) in [5, 5.41) is 4.75. The van der Waals surface area contributed by atoms with E-state index in [0.29, 0.717) is 0 Å². The van der Waals surface area contributed by atoms with Crippen LogP contribution in [0.4, 0.5) is 20.4 Å². The van der Waals surface area contributed by atoms with Crippen molar-refractivity contribution >= 4 is 17.5 Å². The van der Waals surface area contributed by atoms with Gasteiger partial charge in [-0.25, -0.2) is 13.8 Å². The first-order chi connectivity index (χ1) is 8.61. The van der Waals surface area contributed by atoms with Gasteiger partial charge < -0.3 is 10.3 Å². The van der Waals surface area contributed by atoms with Crippen molar-refractivity contribution in [2.45, 2.75) is 0 Å². The number of rotatable bonds is 3. The Labute approximate surface area is 101 Å². The zero-order chi connectivity index (χ0) is 13.1. The number of anilines is 2. The zero-order valence-corrected chi connectivity index (χ0v) is 9.42. The van der Waals surface area contributed by atoms with Crippen LogP contribution in [0.1, 0.15) is 10.4 Å². The van der Waals surface area contributed by atoms with E-state index < -0.39 is 17.5 Å². The summed E-state index contributed by atoms with van der Waals surface area (Å²) in [7, 11) is 1.39. The number of nitrogens with one attached hydrogen (secondary N) is 3. The molecule has 0 spiro atoms. The van der Waals surface area contributed by atoms with Gasteiger partial charge in [0.2, 0.25) is 5.95 Å². The van der Waals surface area contributed by atoms with Gasteiger partial charge in [0.1, 0.15) is 17.3 Å². The van der Waals surface area contributed by atoms with Crippen LogP contribution in [0.25, 0.3) is 0 Å². The summed E-state index contributed by atoms with van der Waals surface area (Å²) in [5.41, 5.74) is -0.398. The Hall–Kier alpha value is -2.44.